The molecule has 94 valence electrons. The van der Waals surface area contributed by atoms with Gasteiger partial charge in [-0.05, 0) is 29.7 Å². The Hall–Kier alpha value is -1.03. The Bertz CT molecular complexity index is 404. The van der Waals surface area contributed by atoms with Crippen LogP contribution in [-0.4, -0.2) is 16.3 Å². The number of hydrogen-bond acceptors (Lipinski definition) is 2. The Kier molecular flexibility index (Phi) is 5.00. The summed E-state index contributed by atoms with van der Waals surface area (Å²) in [5, 5.41) is 9.42. The molecule has 0 aromatic heterocycles. The minimum Gasteiger partial charge on any atom is -0.478 e. The van der Waals surface area contributed by atoms with Gasteiger partial charge in [0.1, 0.15) is 5.82 Å². The third kappa shape index (κ3) is 4.04. The van der Waals surface area contributed by atoms with E-state index in [1.54, 1.807) is 11.8 Å². The summed E-state index contributed by atoms with van der Waals surface area (Å²) < 4.78 is 13.1. The first-order chi connectivity index (χ1) is 7.91. The van der Waals surface area contributed by atoms with Crippen LogP contribution in [0.5, 0.6) is 0 Å². The van der Waals surface area contributed by atoms with E-state index in [-0.39, 0.29) is 11.4 Å². The maximum Gasteiger partial charge on any atom is 0.335 e. The molecule has 0 aliphatic heterocycles. The number of carboxylic acids is 1. The van der Waals surface area contributed by atoms with E-state index in [1.165, 1.54) is 18.2 Å². The van der Waals surface area contributed by atoms with E-state index in [0.29, 0.717) is 22.5 Å². The van der Waals surface area contributed by atoms with E-state index < -0.39 is 5.97 Å². The Morgan fingerprint density at radius 3 is 2.59 bits per heavy atom. The molecule has 2 nitrogen and oxygen atoms in total. The second-order valence-corrected chi connectivity index (χ2v) is 5.73. The summed E-state index contributed by atoms with van der Waals surface area (Å²) >= 11 is 1.65. The van der Waals surface area contributed by atoms with Crippen LogP contribution in [0.15, 0.2) is 18.2 Å². The first-order valence-electron chi connectivity index (χ1n) is 5.55. The molecule has 0 fully saturated rings. The Labute approximate surface area is 105 Å². The summed E-state index contributed by atoms with van der Waals surface area (Å²) in [6.45, 7) is 6.32. The van der Waals surface area contributed by atoms with Crippen molar-refractivity contribution in [2.45, 2.75) is 31.8 Å². The Balaban J connectivity index is 2.82. The van der Waals surface area contributed by atoms with Gasteiger partial charge in [0.25, 0.3) is 0 Å². The lowest BCUT2D eigenvalue weighted by atomic mass is 10.1. The maximum absolute atomic E-state index is 13.1. The van der Waals surface area contributed by atoms with E-state index in [0.717, 1.165) is 0 Å². The van der Waals surface area contributed by atoms with Crippen molar-refractivity contribution >= 4 is 17.7 Å². The van der Waals surface area contributed by atoms with Crippen LogP contribution in [0.4, 0.5) is 4.39 Å². The number of thioether (sulfide) groups is 1. The molecule has 17 heavy (non-hydrogen) atoms. The van der Waals surface area contributed by atoms with Crippen molar-refractivity contribution in [1.82, 2.24) is 0 Å². The van der Waals surface area contributed by atoms with Crippen molar-refractivity contribution in [3.05, 3.63) is 35.1 Å². The van der Waals surface area contributed by atoms with Gasteiger partial charge in [-0.2, -0.15) is 11.8 Å². The van der Waals surface area contributed by atoms with Crippen LogP contribution in [0.3, 0.4) is 0 Å². The van der Waals surface area contributed by atoms with Crippen LogP contribution < -0.4 is 0 Å². The summed E-state index contributed by atoms with van der Waals surface area (Å²) in [5.41, 5.74) is 0.741. The van der Waals surface area contributed by atoms with Gasteiger partial charge in [0.15, 0.2) is 0 Å². The molecule has 0 heterocycles. The molecule has 1 rings (SSSR count). The largest absolute Gasteiger partial charge is 0.478 e. The molecule has 0 aliphatic rings. The molecule has 1 aromatic carbocycles. The third-order valence-corrected chi connectivity index (χ3v) is 4.29. The first kappa shape index (κ1) is 14.0. The SMILES string of the molecule is CC(C)C(C)SCc1cc(F)ccc1C(=O)O. The summed E-state index contributed by atoms with van der Waals surface area (Å²) in [7, 11) is 0. The van der Waals surface area contributed by atoms with Crippen molar-refractivity contribution in [2.24, 2.45) is 5.92 Å². The molecule has 0 aliphatic carbocycles. The average Bonchev–Trinajstić information content (AvgIpc) is 2.25. The molecule has 0 spiro atoms. The smallest absolute Gasteiger partial charge is 0.335 e. The highest BCUT2D eigenvalue weighted by Crippen LogP contribution is 2.25. The van der Waals surface area contributed by atoms with Gasteiger partial charge in [0.2, 0.25) is 0 Å². The first-order valence-corrected chi connectivity index (χ1v) is 6.60. The zero-order chi connectivity index (χ0) is 13.0. The maximum atomic E-state index is 13.1. The van der Waals surface area contributed by atoms with E-state index in [2.05, 4.69) is 20.8 Å². The zero-order valence-electron chi connectivity index (χ0n) is 10.2. The second kappa shape index (κ2) is 6.05. The standard InChI is InChI=1S/C13H17FO2S/c1-8(2)9(3)17-7-10-6-11(14)4-5-12(10)13(15)16/h4-6,8-9H,7H2,1-3H3,(H,15,16). The molecule has 1 aromatic rings. The molecule has 0 saturated carbocycles. The van der Waals surface area contributed by atoms with Gasteiger partial charge in [-0.3, -0.25) is 0 Å². The van der Waals surface area contributed by atoms with E-state index in [4.69, 9.17) is 5.11 Å². The van der Waals surface area contributed by atoms with E-state index in [1.807, 2.05) is 0 Å². The normalized spacial score (nSPS) is 12.8. The summed E-state index contributed by atoms with van der Waals surface area (Å²) in [6, 6.07) is 3.82. The lowest BCUT2D eigenvalue weighted by Gasteiger charge is -2.15. The molecule has 1 atom stereocenters. The van der Waals surface area contributed by atoms with Crippen molar-refractivity contribution in [3.63, 3.8) is 0 Å². The number of aromatic carboxylic acids is 1. The molecule has 1 unspecified atom stereocenters. The van der Waals surface area contributed by atoms with Crippen LogP contribution in [0.25, 0.3) is 0 Å². The van der Waals surface area contributed by atoms with Crippen molar-refractivity contribution < 1.29 is 14.3 Å². The summed E-state index contributed by atoms with van der Waals surface area (Å²) in [5.74, 6) is -0.346. The van der Waals surface area contributed by atoms with Gasteiger partial charge in [-0.25, -0.2) is 9.18 Å². The fourth-order valence-electron chi connectivity index (χ4n) is 1.30. The predicted molar refractivity (Wildman–Crippen MR) is 69.0 cm³/mol. The fourth-order valence-corrected chi connectivity index (χ4v) is 2.37. The van der Waals surface area contributed by atoms with Crippen LogP contribution in [0.1, 0.15) is 36.7 Å². The topological polar surface area (TPSA) is 37.3 Å². The minimum absolute atomic E-state index is 0.190. The van der Waals surface area contributed by atoms with Gasteiger partial charge in [0.05, 0.1) is 5.56 Å². The Morgan fingerprint density at radius 2 is 2.06 bits per heavy atom. The lowest BCUT2D eigenvalue weighted by molar-refractivity contribution is 0.0696. The summed E-state index contributed by atoms with van der Waals surface area (Å²) in [6.07, 6.45) is 0. The summed E-state index contributed by atoms with van der Waals surface area (Å²) in [4.78, 5) is 11.0. The molecule has 0 saturated heterocycles. The number of halogens is 1. The number of benzene rings is 1. The highest BCUT2D eigenvalue weighted by molar-refractivity contribution is 7.99. The molecular formula is C13H17FO2S. The van der Waals surface area contributed by atoms with Crippen LogP contribution in [0.2, 0.25) is 0 Å². The van der Waals surface area contributed by atoms with Gasteiger partial charge in [-0.15, -0.1) is 0 Å². The van der Waals surface area contributed by atoms with Gasteiger partial charge < -0.3 is 5.11 Å². The number of carbonyl (C=O) groups is 1. The van der Waals surface area contributed by atoms with E-state index in [9.17, 15) is 9.18 Å². The highest BCUT2D eigenvalue weighted by atomic mass is 32.2. The average molecular weight is 256 g/mol. The molecule has 0 bridgehead atoms. The molecular weight excluding hydrogens is 239 g/mol. The van der Waals surface area contributed by atoms with Gasteiger partial charge in [-0.1, -0.05) is 20.8 Å². The third-order valence-electron chi connectivity index (χ3n) is 2.74. The Morgan fingerprint density at radius 1 is 1.41 bits per heavy atom. The van der Waals surface area contributed by atoms with Crippen molar-refractivity contribution in [2.75, 3.05) is 0 Å². The molecule has 1 N–H and O–H groups in total. The fraction of sp³-hybridized carbons (Fsp3) is 0.462. The van der Waals surface area contributed by atoms with Gasteiger partial charge >= 0.3 is 5.97 Å². The van der Waals surface area contributed by atoms with Crippen LogP contribution >= 0.6 is 11.8 Å². The van der Waals surface area contributed by atoms with Crippen molar-refractivity contribution in [3.8, 4) is 0 Å². The van der Waals surface area contributed by atoms with Gasteiger partial charge in [0, 0.05) is 11.0 Å². The van der Waals surface area contributed by atoms with E-state index >= 15 is 0 Å². The number of carboxylic acid groups (broad SMARTS) is 1. The van der Waals surface area contributed by atoms with Crippen LogP contribution in [0, 0.1) is 11.7 Å². The lowest BCUT2D eigenvalue weighted by Crippen LogP contribution is -2.08. The number of hydrogen-bond donors (Lipinski definition) is 1. The monoisotopic (exact) mass is 256 g/mol. The number of rotatable bonds is 5. The van der Waals surface area contributed by atoms with Crippen LogP contribution in [-0.2, 0) is 5.75 Å². The van der Waals surface area contributed by atoms with Crippen molar-refractivity contribution in [1.29, 1.82) is 0 Å². The highest BCUT2D eigenvalue weighted by Gasteiger charge is 2.13. The molecule has 0 amide bonds. The molecule has 0 radical (unpaired) electrons. The molecule has 4 heteroatoms. The zero-order valence-corrected chi connectivity index (χ0v) is 11.1. The minimum atomic E-state index is -1.00. The quantitative estimate of drug-likeness (QED) is 0.870. The predicted octanol–water partition coefficient (Wildman–Crippen LogP) is 3.80. The second-order valence-electron chi connectivity index (χ2n) is 4.37.